The number of halogens is 1. The van der Waals surface area contributed by atoms with Gasteiger partial charge in [0.25, 0.3) is 0 Å². The first-order valence-electron chi connectivity index (χ1n) is 6.91. The van der Waals surface area contributed by atoms with Crippen LogP contribution in [0.3, 0.4) is 0 Å². The lowest BCUT2D eigenvalue weighted by Gasteiger charge is -2.18. The second-order valence-electron chi connectivity index (χ2n) is 4.97. The van der Waals surface area contributed by atoms with Crippen molar-refractivity contribution in [2.45, 2.75) is 19.1 Å². The maximum absolute atomic E-state index is 10.2. The van der Waals surface area contributed by atoms with Crippen molar-refractivity contribution < 1.29 is 9.84 Å². The van der Waals surface area contributed by atoms with Crippen molar-refractivity contribution in [3.8, 4) is 5.75 Å². The fourth-order valence-corrected chi connectivity index (χ4v) is 2.23. The number of aliphatic hydroxyl groups excluding tert-OH is 1. The number of aliphatic hydroxyl groups is 1. The first-order chi connectivity index (χ1) is 10.1. The van der Waals surface area contributed by atoms with Crippen molar-refractivity contribution in [3.05, 3.63) is 64.7 Å². The van der Waals surface area contributed by atoms with Crippen LogP contribution in [0.4, 0.5) is 0 Å². The van der Waals surface area contributed by atoms with Gasteiger partial charge in [0.2, 0.25) is 0 Å². The average Bonchev–Trinajstić information content (AvgIpc) is 2.53. The van der Waals surface area contributed by atoms with Crippen LogP contribution in [0, 0.1) is 0 Å². The Balaban J connectivity index is 1.90. The van der Waals surface area contributed by atoms with Crippen molar-refractivity contribution >= 4 is 11.6 Å². The molecule has 2 aromatic rings. The summed E-state index contributed by atoms with van der Waals surface area (Å²) in [4.78, 5) is 0. The first-order valence-corrected chi connectivity index (χ1v) is 7.29. The van der Waals surface area contributed by atoms with Crippen LogP contribution < -0.4 is 10.1 Å². The Morgan fingerprint density at radius 3 is 2.19 bits per heavy atom. The predicted octanol–water partition coefficient (Wildman–Crippen LogP) is 3.73. The molecule has 0 bridgehead atoms. The Morgan fingerprint density at radius 1 is 1.05 bits per heavy atom. The molecule has 21 heavy (non-hydrogen) atoms. The zero-order valence-electron chi connectivity index (χ0n) is 12.2. The number of ether oxygens (including phenoxy) is 1. The number of hydrogen-bond acceptors (Lipinski definition) is 3. The van der Waals surface area contributed by atoms with Crippen molar-refractivity contribution in [3.63, 3.8) is 0 Å². The standard InChI is InChI=1S/C17H20ClNO2/c1-12(13-5-9-16(21-2)10-6-13)19-11-17(20)14-3-7-15(18)8-4-14/h3-10,12,17,19-20H,11H2,1-2H3. The normalized spacial score (nSPS) is 13.7. The lowest BCUT2D eigenvalue weighted by molar-refractivity contribution is 0.171. The van der Waals surface area contributed by atoms with Crippen LogP contribution in [-0.4, -0.2) is 18.8 Å². The second-order valence-corrected chi connectivity index (χ2v) is 5.41. The first kappa shape index (κ1) is 15.8. The van der Waals surface area contributed by atoms with Crippen LogP contribution in [0.5, 0.6) is 5.75 Å². The summed E-state index contributed by atoms with van der Waals surface area (Å²) in [6, 6.07) is 15.3. The lowest BCUT2D eigenvalue weighted by Crippen LogP contribution is -2.24. The Bertz CT molecular complexity index is 554. The van der Waals surface area contributed by atoms with Gasteiger partial charge in [0.05, 0.1) is 13.2 Å². The van der Waals surface area contributed by atoms with Gasteiger partial charge >= 0.3 is 0 Å². The summed E-state index contributed by atoms with van der Waals surface area (Å²) >= 11 is 5.84. The third kappa shape index (κ3) is 4.46. The fraction of sp³-hybridized carbons (Fsp3) is 0.294. The van der Waals surface area contributed by atoms with E-state index in [1.54, 1.807) is 19.2 Å². The molecule has 0 aliphatic rings. The zero-order valence-corrected chi connectivity index (χ0v) is 13.0. The van der Waals surface area contributed by atoms with Gasteiger partial charge in [-0.05, 0) is 42.3 Å². The van der Waals surface area contributed by atoms with Crippen LogP contribution in [0.1, 0.15) is 30.2 Å². The van der Waals surface area contributed by atoms with Gasteiger partial charge in [-0.25, -0.2) is 0 Å². The van der Waals surface area contributed by atoms with Crippen LogP contribution in [0.25, 0.3) is 0 Å². The highest BCUT2D eigenvalue weighted by Gasteiger charge is 2.10. The summed E-state index contributed by atoms with van der Waals surface area (Å²) in [5, 5.41) is 14.2. The minimum absolute atomic E-state index is 0.151. The molecule has 0 aromatic heterocycles. The Labute approximate surface area is 130 Å². The summed E-state index contributed by atoms with van der Waals surface area (Å²) in [7, 11) is 1.65. The molecule has 0 fully saturated rings. The molecule has 0 saturated heterocycles. The molecule has 4 heteroatoms. The summed E-state index contributed by atoms with van der Waals surface area (Å²) in [5.74, 6) is 0.840. The maximum atomic E-state index is 10.2. The second kappa shape index (κ2) is 7.46. The summed E-state index contributed by atoms with van der Waals surface area (Å²) in [6.45, 7) is 2.55. The molecule has 2 rings (SSSR count). The summed E-state index contributed by atoms with van der Waals surface area (Å²) in [5.41, 5.74) is 2.01. The quantitative estimate of drug-likeness (QED) is 0.854. The molecule has 2 aromatic carbocycles. The molecule has 2 unspecified atom stereocenters. The van der Waals surface area contributed by atoms with Crippen molar-refractivity contribution in [1.29, 1.82) is 0 Å². The van der Waals surface area contributed by atoms with Crippen molar-refractivity contribution in [2.24, 2.45) is 0 Å². The third-order valence-corrected chi connectivity index (χ3v) is 3.74. The average molecular weight is 306 g/mol. The van der Waals surface area contributed by atoms with Crippen molar-refractivity contribution in [1.82, 2.24) is 5.32 Å². The summed E-state index contributed by atoms with van der Waals surface area (Å²) < 4.78 is 5.14. The topological polar surface area (TPSA) is 41.5 Å². The van der Waals surface area contributed by atoms with Gasteiger partial charge in [-0.15, -0.1) is 0 Å². The SMILES string of the molecule is COc1ccc(C(C)NCC(O)c2ccc(Cl)cc2)cc1. The number of hydrogen-bond donors (Lipinski definition) is 2. The molecule has 3 nitrogen and oxygen atoms in total. The zero-order chi connectivity index (χ0) is 15.2. The molecule has 2 N–H and O–H groups in total. The van der Waals surface area contributed by atoms with E-state index in [-0.39, 0.29) is 6.04 Å². The number of nitrogens with one attached hydrogen (secondary N) is 1. The molecule has 0 amide bonds. The lowest BCUT2D eigenvalue weighted by atomic mass is 10.1. The predicted molar refractivity (Wildman–Crippen MR) is 85.8 cm³/mol. The van der Waals surface area contributed by atoms with E-state index in [2.05, 4.69) is 12.2 Å². The van der Waals surface area contributed by atoms with Gasteiger partial charge in [-0.1, -0.05) is 35.9 Å². The van der Waals surface area contributed by atoms with Gasteiger partial charge in [0.15, 0.2) is 0 Å². The molecular weight excluding hydrogens is 286 g/mol. The van der Waals surface area contributed by atoms with Gasteiger partial charge < -0.3 is 15.2 Å². The Kier molecular flexibility index (Phi) is 5.62. The molecule has 2 atom stereocenters. The van der Waals surface area contributed by atoms with Gasteiger partial charge in [-0.3, -0.25) is 0 Å². The minimum Gasteiger partial charge on any atom is -0.497 e. The van der Waals surface area contributed by atoms with Crippen molar-refractivity contribution in [2.75, 3.05) is 13.7 Å². The third-order valence-electron chi connectivity index (χ3n) is 3.49. The van der Waals surface area contributed by atoms with Gasteiger partial charge in [0, 0.05) is 17.6 Å². The van der Waals surface area contributed by atoms with E-state index in [1.165, 1.54) is 0 Å². The highest BCUT2D eigenvalue weighted by Crippen LogP contribution is 2.19. The molecule has 0 aliphatic heterocycles. The molecule has 0 aliphatic carbocycles. The van der Waals surface area contributed by atoms with E-state index in [0.717, 1.165) is 16.9 Å². The molecule has 0 radical (unpaired) electrons. The molecule has 0 saturated carbocycles. The van der Waals surface area contributed by atoms with E-state index in [1.807, 2.05) is 36.4 Å². The summed E-state index contributed by atoms with van der Waals surface area (Å²) in [6.07, 6.45) is -0.553. The minimum atomic E-state index is -0.553. The number of rotatable bonds is 6. The molecule has 112 valence electrons. The van der Waals surface area contributed by atoms with E-state index in [0.29, 0.717) is 11.6 Å². The molecule has 0 spiro atoms. The highest BCUT2D eigenvalue weighted by atomic mass is 35.5. The maximum Gasteiger partial charge on any atom is 0.118 e. The van der Waals surface area contributed by atoms with Gasteiger partial charge in [0.1, 0.15) is 5.75 Å². The van der Waals surface area contributed by atoms with Crippen LogP contribution in [0.2, 0.25) is 5.02 Å². The van der Waals surface area contributed by atoms with Gasteiger partial charge in [-0.2, -0.15) is 0 Å². The van der Waals surface area contributed by atoms with Crippen LogP contribution >= 0.6 is 11.6 Å². The van der Waals surface area contributed by atoms with E-state index >= 15 is 0 Å². The van der Waals surface area contributed by atoms with E-state index in [9.17, 15) is 5.11 Å². The number of methoxy groups -OCH3 is 1. The fourth-order valence-electron chi connectivity index (χ4n) is 2.10. The van der Waals surface area contributed by atoms with Crippen LogP contribution in [-0.2, 0) is 0 Å². The highest BCUT2D eigenvalue weighted by molar-refractivity contribution is 6.30. The number of benzene rings is 2. The monoisotopic (exact) mass is 305 g/mol. The molecular formula is C17H20ClNO2. The van der Waals surface area contributed by atoms with E-state index in [4.69, 9.17) is 16.3 Å². The smallest absolute Gasteiger partial charge is 0.118 e. The largest absolute Gasteiger partial charge is 0.497 e. The molecule has 0 heterocycles. The Morgan fingerprint density at radius 2 is 1.62 bits per heavy atom. The van der Waals surface area contributed by atoms with Crippen LogP contribution in [0.15, 0.2) is 48.5 Å². The Hall–Kier alpha value is -1.55. The van der Waals surface area contributed by atoms with E-state index < -0.39 is 6.10 Å².